The minimum atomic E-state index is -1.12. The van der Waals surface area contributed by atoms with Crippen LogP contribution in [0.1, 0.15) is 43.8 Å². The highest BCUT2D eigenvalue weighted by Gasteiger charge is 2.41. The molecule has 0 amide bonds. The third-order valence-electron chi connectivity index (χ3n) is 5.53. The summed E-state index contributed by atoms with van der Waals surface area (Å²) in [6, 6.07) is 3.81. The van der Waals surface area contributed by atoms with E-state index in [0.29, 0.717) is 5.92 Å². The summed E-state index contributed by atoms with van der Waals surface area (Å²) in [5, 5.41) is 8.75. The van der Waals surface area contributed by atoms with E-state index in [-0.39, 0.29) is 5.92 Å². The zero-order valence-electron chi connectivity index (χ0n) is 15.8. The highest BCUT2D eigenvalue weighted by Crippen LogP contribution is 2.35. The van der Waals surface area contributed by atoms with Gasteiger partial charge in [-0.1, -0.05) is 13.3 Å². The van der Waals surface area contributed by atoms with Gasteiger partial charge in [0.2, 0.25) is 0 Å². The van der Waals surface area contributed by atoms with Crippen LogP contribution in [0.25, 0.3) is 0 Å². The average Bonchev–Trinajstić information content (AvgIpc) is 3.06. The van der Waals surface area contributed by atoms with Crippen molar-refractivity contribution in [1.82, 2.24) is 28.8 Å². The largest absolute Gasteiger partial charge is 0.579 e. The van der Waals surface area contributed by atoms with Crippen molar-refractivity contribution in [3.8, 4) is 0 Å². The number of nitrogens with one attached hydrogen (secondary N) is 2. The van der Waals surface area contributed by atoms with Crippen LogP contribution in [0.5, 0.6) is 0 Å². The lowest BCUT2D eigenvalue weighted by Gasteiger charge is -2.19. The van der Waals surface area contributed by atoms with E-state index >= 15 is 0 Å². The monoisotopic (exact) mass is 389 g/mol. The first kappa shape index (κ1) is 18.7. The molecule has 1 aliphatic carbocycles. The van der Waals surface area contributed by atoms with E-state index in [1.807, 2.05) is 34.2 Å². The molecule has 0 spiro atoms. The number of hydrogen-bond acceptors (Lipinski definition) is 6. The van der Waals surface area contributed by atoms with Gasteiger partial charge in [-0.15, -0.1) is 19.2 Å². The van der Waals surface area contributed by atoms with Gasteiger partial charge in [0.05, 0.1) is 12.8 Å². The summed E-state index contributed by atoms with van der Waals surface area (Å²) in [5.41, 5.74) is 0. The van der Waals surface area contributed by atoms with E-state index in [9.17, 15) is 4.55 Å². The predicted molar refractivity (Wildman–Crippen MR) is 106 cm³/mol. The lowest BCUT2D eigenvalue weighted by Crippen LogP contribution is -2.40. The standard InChI is InChI=1S/C18H27N7OS/c1-3-14-11-25(27(26)21-9-13-6-7-13)12-15(14)18-23-22-17(24(18)2)10-20-16-5-4-8-19-16/h4-5,8,10,13-15,19,21H,3,6-7,9,11-12H2,1-2H3. The minimum Gasteiger partial charge on any atom is -0.579 e. The third-order valence-corrected chi connectivity index (χ3v) is 6.71. The van der Waals surface area contributed by atoms with E-state index in [2.05, 4.69) is 31.8 Å². The van der Waals surface area contributed by atoms with Crippen LogP contribution in [0.2, 0.25) is 0 Å². The molecule has 8 nitrogen and oxygen atoms in total. The molecule has 3 heterocycles. The molecule has 2 aromatic heterocycles. The molecule has 0 aromatic carbocycles. The van der Waals surface area contributed by atoms with E-state index in [1.54, 1.807) is 6.21 Å². The number of hydrogen-bond donors (Lipinski definition) is 2. The maximum absolute atomic E-state index is 12.6. The van der Waals surface area contributed by atoms with E-state index < -0.39 is 11.5 Å². The summed E-state index contributed by atoms with van der Waals surface area (Å²) in [6.07, 6.45) is 7.11. The number of aromatic nitrogens is 4. The number of aliphatic imine (C=N–C) groups is 1. The summed E-state index contributed by atoms with van der Waals surface area (Å²) in [5.74, 6) is 3.82. The summed E-state index contributed by atoms with van der Waals surface area (Å²) in [4.78, 5) is 7.44. The molecule has 4 rings (SSSR count). The van der Waals surface area contributed by atoms with E-state index in [0.717, 1.165) is 49.4 Å². The van der Waals surface area contributed by atoms with Gasteiger partial charge in [-0.05, 0) is 36.8 Å². The Morgan fingerprint density at radius 1 is 1.41 bits per heavy atom. The molecule has 1 saturated carbocycles. The number of nitrogens with zero attached hydrogens (tertiary/aromatic N) is 5. The Balaban J connectivity index is 1.45. The topological polar surface area (TPSA) is 97.2 Å². The number of rotatable bonds is 8. The van der Waals surface area contributed by atoms with Gasteiger partial charge in [-0.3, -0.25) is 0 Å². The van der Waals surface area contributed by atoms with Crippen molar-refractivity contribution in [2.75, 3.05) is 19.6 Å². The molecule has 9 heteroatoms. The lowest BCUT2D eigenvalue weighted by atomic mass is 9.93. The van der Waals surface area contributed by atoms with Gasteiger partial charge in [-0.2, -0.15) is 0 Å². The van der Waals surface area contributed by atoms with E-state index in [1.165, 1.54) is 12.8 Å². The highest BCUT2D eigenvalue weighted by atomic mass is 32.2. The van der Waals surface area contributed by atoms with Crippen molar-refractivity contribution < 1.29 is 4.55 Å². The Labute approximate surface area is 162 Å². The van der Waals surface area contributed by atoms with Crippen LogP contribution in [0.4, 0.5) is 5.82 Å². The Morgan fingerprint density at radius 2 is 2.26 bits per heavy atom. The Hall–Kier alpha value is -1.68. The van der Waals surface area contributed by atoms with Gasteiger partial charge in [0.15, 0.2) is 5.82 Å². The van der Waals surface area contributed by atoms with Crippen LogP contribution in [0, 0.1) is 11.8 Å². The summed E-state index contributed by atoms with van der Waals surface area (Å²) in [6.45, 7) is 4.60. The fraction of sp³-hybridized carbons (Fsp3) is 0.611. The normalized spacial score (nSPS) is 24.9. The average molecular weight is 390 g/mol. The summed E-state index contributed by atoms with van der Waals surface area (Å²) in [7, 11) is 1.98. The zero-order chi connectivity index (χ0) is 18.8. The smallest absolute Gasteiger partial charge is 0.174 e. The molecule has 0 bridgehead atoms. The molecule has 2 aromatic rings. The Morgan fingerprint density at radius 3 is 2.96 bits per heavy atom. The van der Waals surface area contributed by atoms with Crippen LogP contribution >= 0.6 is 0 Å². The van der Waals surface area contributed by atoms with Crippen molar-refractivity contribution >= 4 is 23.6 Å². The maximum atomic E-state index is 12.6. The van der Waals surface area contributed by atoms with E-state index in [4.69, 9.17) is 0 Å². The third kappa shape index (κ3) is 4.26. The first-order valence-corrected chi connectivity index (χ1v) is 10.7. The van der Waals surface area contributed by atoms with Crippen molar-refractivity contribution in [2.24, 2.45) is 23.9 Å². The summed E-state index contributed by atoms with van der Waals surface area (Å²) < 4.78 is 19.8. The predicted octanol–water partition coefficient (Wildman–Crippen LogP) is 1.90. The highest BCUT2D eigenvalue weighted by molar-refractivity contribution is 7.87. The molecular weight excluding hydrogens is 362 g/mol. The van der Waals surface area contributed by atoms with Crippen LogP contribution in [-0.4, -0.2) is 54.5 Å². The van der Waals surface area contributed by atoms with Crippen LogP contribution in [0.15, 0.2) is 23.3 Å². The zero-order valence-corrected chi connectivity index (χ0v) is 16.7. The molecular formula is C18H27N7OS. The molecule has 1 aliphatic heterocycles. The molecule has 27 heavy (non-hydrogen) atoms. The van der Waals surface area contributed by atoms with Crippen LogP contribution in [-0.2, 0) is 18.6 Å². The van der Waals surface area contributed by atoms with Gasteiger partial charge in [0.1, 0.15) is 23.2 Å². The number of aromatic amines is 1. The quantitative estimate of drug-likeness (QED) is 0.531. The van der Waals surface area contributed by atoms with Crippen molar-refractivity contribution in [2.45, 2.75) is 32.1 Å². The fourth-order valence-corrected chi connectivity index (χ4v) is 4.78. The van der Waals surface area contributed by atoms with Gasteiger partial charge in [0, 0.05) is 32.3 Å². The maximum Gasteiger partial charge on any atom is 0.174 e. The van der Waals surface area contributed by atoms with Crippen molar-refractivity contribution in [3.05, 3.63) is 30.0 Å². The number of H-pyrrole nitrogens is 1. The first-order chi connectivity index (χ1) is 13.2. The Kier molecular flexibility index (Phi) is 5.63. The van der Waals surface area contributed by atoms with Crippen LogP contribution < -0.4 is 4.72 Å². The van der Waals surface area contributed by atoms with Crippen LogP contribution in [0.3, 0.4) is 0 Å². The second-order valence-electron chi connectivity index (χ2n) is 7.45. The van der Waals surface area contributed by atoms with Gasteiger partial charge >= 0.3 is 0 Å². The van der Waals surface area contributed by atoms with Crippen molar-refractivity contribution in [3.63, 3.8) is 0 Å². The molecule has 2 fully saturated rings. The fourth-order valence-electron chi connectivity index (χ4n) is 3.59. The lowest BCUT2D eigenvalue weighted by molar-refractivity contribution is 0.440. The minimum absolute atomic E-state index is 0.229. The molecule has 146 valence electrons. The molecule has 1 saturated heterocycles. The molecule has 3 atom stereocenters. The first-order valence-electron chi connectivity index (χ1n) is 9.62. The van der Waals surface area contributed by atoms with Gasteiger partial charge < -0.3 is 14.1 Å². The molecule has 2 aliphatic rings. The molecule has 0 radical (unpaired) electrons. The van der Waals surface area contributed by atoms with Gasteiger partial charge in [-0.25, -0.2) is 4.99 Å². The molecule has 2 N–H and O–H groups in total. The second-order valence-corrected chi connectivity index (χ2v) is 8.76. The second kappa shape index (κ2) is 8.14. The van der Waals surface area contributed by atoms with Gasteiger partial charge in [0.25, 0.3) is 0 Å². The van der Waals surface area contributed by atoms with Crippen molar-refractivity contribution in [1.29, 1.82) is 0 Å². The SMILES string of the molecule is CCC1CN([S+]([O-])NCC2CC2)CC1c1nnc(C=Nc2ccc[nH]2)n1C. The summed E-state index contributed by atoms with van der Waals surface area (Å²) >= 11 is -1.12. The molecule has 3 unspecified atom stereocenters. The Bertz CT molecular complexity index is 771.